The molecule has 0 aliphatic heterocycles. The van der Waals surface area contributed by atoms with Crippen LogP contribution < -0.4 is 5.32 Å². The summed E-state index contributed by atoms with van der Waals surface area (Å²) in [6.45, 7) is 1.89. The molecular weight excluding hydrogens is 295 g/mol. The molecule has 0 aliphatic carbocycles. The van der Waals surface area contributed by atoms with Crippen molar-refractivity contribution < 1.29 is 4.79 Å². The van der Waals surface area contributed by atoms with Crippen molar-refractivity contribution in [2.75, 3.05) is 5.32 Å². The van der Waals surface area contributed by atoms with E-state index in [4.69, 9.17) is 34.8 Å². The lowest BCUT2D eigenvalue weighted by Crippen LogP contribution is -2.27. The summed E-state index contributed by atoms with van der Waals surface area (Å²) < 4.78 is -1.99. The molecule has 0 fully saturated rings. The Kier molecular flexibility index (Phi) is 3.66. The Labute approximate surface area is 119 Å². The summed E-state index contributed by atoms with van der Waals surface area (Å²) in [5, 5.41) is 3.37. The van der Waals surface area contributed by atoms with E-state index in [9.17, 15) is 4.79 Å². The second kappa shape index (κ2) is 4.92. The fraction of sp³-hybridized carbons (Fsp3) is 0.167. The minimum absolute atomic E-state index is 0.566. The van der Waals surface area contributed by atoms with Crippen LogP contribution in [0.15, 0.2) is 30.3 Å². The number of benzene rings is 1. The number of aromatic nitrogens is 1. The van der Waals surface area contributed by atoms with Crippen LogP contribution >= 0.6 is 34.8 Å². The van der Waals surface area contributed by atoms with Gasteiger partial charge < -0.3 is 5.32 Å². The van der Waals surface area contributed by atoms with Crippen LogP contribution in [0, 0.1) is 6.92 Å². The van der Waals surface area contributed by atoms with Gasteiger partial charge in [0.25, 0.3) is 9.70 Å². The molecular formula is C12H9Cl3N2O. The molecule has 0 bridgehead atoms. The number of fused-ring (bicyclic) bond motifs is 1. The van der Waals surface area contributed by atoms with Gasteiger partial charge in [-0.15, -0.1) is 0 Å². The highest BCUT2D eigenvalue weighted by atomic mass is 35.6. The minimum Gasteiger partial charge on any atom is -0.322 e. The molecule has 0 atom stereocenters. The van der Waals surface area contributed by atoms with Crippen LogP contribution in [0.25, 0.3) is 10.9 Å². The largest absolute Gasteiger partial charge is 0.322 e. The number of pyridine rings is 1. The van der Waals surface area contributed by atoms with Crippen LogP contribution in [-0.2, 0) is 4.79 Å². The van der Waals surface area contributed by atoms with Gasteiger partial charge in [0.15, 0.2) is 0 Å². The van der Waals surface area contributed by atoms with E-state index in [1.54, 1.807) is 12.1 Å². The number of alkyl halides is 3. The number of carbonyl (C=O) groups excluding carboxylic acids is 1. The molecule has 0 saturated carbocycles. The van der Waals surface area contributed by atoms with E-state index in [1.807, 2.05) is 25.1 Å². The van der Waals surface area contributed by atoms with Gasteiger partial charge in [-0.1, -0.05) is 40.9 Å². The molecule has 1 aromatic heterocycles. The Morgan fingerprint density at radius 2 is 1.94 bits per heavy atom. The van der Waals surface area contributed by atoms with E-state index < -0.39 is 9.70 Å². The standard InChI is InChI=1S/C12H9Cl3N2O/c1-7-5-6-8-9(16-7)3-2-4-10(8)17-11(18)12(13,14)15/h2-6H,1H3,(H,17,18). The molecule has 0 aliphatic rings. The number of carbonyl (C=O) groups is 1. The van der Waals surface area contributed by atoms with Crippen molar-refractivity contribution in [1.29, 1.82) is 0 Å². The molecule has 1 N–H and O–H groups in total. The molecule has 0 saturated heterocycles. The van der Waals surface area contributed by atoms with Crippen LogP contribution in [0.3, 0.4) is 0 Å². The average molecular weight is 304 g/mol. The first kappa shape index (κ1) is 13.4. The number of rotatable bonds is 1. The van der Waals surface area contributed by atoms with Gasteiger partial charge in [-0.2, -0.15) is 0 Å². The molecule has 2 rings (SSSR count). The quantitative estimate of drug-likeness (QED) is 0.813. The van der Waals surface area contributed by atoms with Crippen molar-refractivity contribution in [3.05, 3.63) is 36.0 Å². The molecule has 0 unspecified atom stereocenters. The lowest BCUT2D eigenvalue weighted by Gasteiger charge is -2.13. The van der Waals surface area contributed by atoms with E-state index in [-0.39, 0.29) is 0 Å². The summed E-state index contributed by atoms with van der Waals surface area (Å²) in [5.74, 6) is -0.694. The topological polar surface area (TPSA) is 42.0 Å². The Morgan fingerprint density at radius 3 is 2.61 bits per heavy atom. The smallest absolute Gasteiger partial charge is 0.276 e. The highest BCUT2D eigenvalue weighted by molar-refractivity contribution is 6.76. The van der Waals surface area contributed by atoms with Crippen molar-refractivity contribution in [2.45, 2.75) is 10.7 Å². The molecule has 0 spiro atoms. The van der Waals surface area contributed by atoms with Crippen molar-refractivity contribution in [3.63, 3.8) is 0 Å². The summed E-state index contributed by atoms with van der Waals surface area (Å²) in [5.41, 5.74) is 2.24. The van der Waals surface area contributed by atoms with E-state index >= 15 is 0 Å². The number of halogens is 3. The zero-order valence-electron chi connectivity index (χ0n) is 9.38. The van der Waals surface area contributed by atoms with Crippen LogP contribution in [0.1, 0.15) is 5.69 Å². The summed E-state index contributed by atoms with van der Waals surface area (Å²) in [7, 11) is 0. The van der Waals surface area contributed by atoms with Gasteiger partial charge in [-0.05, 0) is 31.2 Å². The first-order valence-corrected chi connectivity index (χ1v) is 6.26. The summed E-state index contributed by atoms with van der Waals surface area (Å²) in [6, 6.07) is 9.09. The minimum atomic E-state index is -1.99. The third kappa shape index (κ3) is 2.86. The molecule has 94 valence electrons. The lowest BCUT2D eigenvalue weighted by molar-refractivity contribution is -0.115. The maximum atomic E-state index is 11.6. The molecule has 2 aromatic rings. The maximum Gasteiger partial charge on any atom is 0.276 e. The second-order valence-corrected chi connectivity index (χ2v) is 6.06. The number of anilines is 1. The fourth-order valence-corrected chi connectivity index (χ4v) is 1.70. The average Bonchev–Trinajstić information content (AvgIpc) is 2.27. The predicted molar refractivity (Wildman–Crippen MR) is 75.4 cm³/mol. The summed E-state index contributed by atoms with van der Waals surface area (Å²) in [4.78, 5) is 16.0. The predicted octanol–water partition coefficient (Wildman–Crippen LogP) is 3.85. The van der Waals surface area contributed by atoms with Gasteiger partial charge in [-0.25, -0.2) is 0 Å². The zero-order valence-corrected chi connectivity index (χ0v) is 11.6. The van der Waals surface area contributed by atoms with E-state index in [2.05, 4.69) is 10.3 Å². The van der Waals surface area contributed by atoms with Crippen molar-refractivity contribution in [1.82, 2.24) is 4.98 Å². The second-order valence-electron chi connectivity index (χ2n) is 3.78. The maximum absolute atomic E-state index is 11.6. The van der Waals surface area contributed by atoms with Gasteiger partial charge in [-0.3, -0.25) is 9.78 Å². The molecule has 1 amide bonds. The van der Waals surface area contributed by atoms with E-state index in [0.29, 0.717) is 5.69 Å². The highest BCUT2D eigenvalue weighted by Crippen LogP contribution is 2.29. The number of hydrogen-bond donors (Lipinski definition) is 1. The Bertz CT molecular complexity index is 608. The molecule has 0 radical (unpaired) electrons. The number of hydrogen-bond acceptors (Lipinski definition) is 2. The van der Waals surface area contributed by atoms with Gasteiger partial charge in [0.1, 0.15) is 0 Å². The normalized spacial score (nSPS) is 11.6. The van der Waals surface area contributed by atoms with Gasteiger partial charge in [0.05, 0.1) is 11.2 Å². The monoisotopic (exact) mass is 302 g/mol. The highest BCUT2D eigenvalue weighted by Gasteiger charge is 2.30. The first-order valence-electron chi connectivity index (χ1n) is 5.12. The Balaban J connectivity index is 2.43. The fourth-order valence-electron chi connectivity index (χ4n) is 1.56. The van der Waals surface area contributed by atoms with Crippen molar-refractivity contribution in [3.8, 4) is 0 Å². The number of amides is 1. The SMILES string of the molecule is Cc1ccc2c(NC(=O)C(Cl)(Cl)Cl)cccc2n1. The van der Waals surface area contributed by atoms with Crippen LogP contribution in [-0.4, -0.2) is 14.7 Å². The van der Waals surface area contributed by atoms with Crippen LogP contribution in [0.4, 0.5) is 5.69 Å². The van der Waals surface area contributed by atoms with Crippen molar-refractivity contribution in [2.24, 2.45) is 0 Å². The third-order valence-corrected chi connectivity index (χ3v) is 2.89. The van der Waals surface area contributed by atoms with E-state index in [1.165, 1.54) is 0 Å². The molecule has 3 nitrogen and oxygen atoms in total. The summed E-state index contributed by atoms with van der Waals surface area (Å²) >= 11 is 16.5. The van der Waals surface area contributed by atoms with Crippen LogP contribution in [0.2, 0.25) is 0 Å². The number of nitrogens with one attached hydrogen (secondary N) is 1. The molecule has 18 heavy (non-hydrogen) atoms. The first-order chi connectivity index (χ1) is 8.38. The van der Waals surface area contributed by atoms with Crippen LogP contribution in [0.5, 0.6) is 0 Å². The molecule has 6 heteroatoms. The summed E-state index contributed by atoms with van der Waals surface area (Å²) in [6.07, 6.45) is 0. The molecule has 1 heterocycles. The zero-order chi connectivity index (χ0) is 13.3. The lowest BCUT2D eigenvalue weighted by atomic mass is 10.1. The number of aryl methyl sites for hydroxylation is 1. The molecule has 1 aromatic carbocycles. The Morgan fingerprint density at radius 1 is 1.22 bits per heavy atom. The third-order valence-electron chi connectivity index (χ3n) is 2.38. The Hall–Kier alpha value is -1.03. The van der Waals surface area contributed by atoms with Crippen molar-refractivity contribution >= 4 is 57.3 Å². The van der Waals surface area contributed by atoms with E-state index in [0.717, 1.165) is 16.6 Å². The van der Waals surface area contributed by atoms with Gasteiger partial charge in [0.2, 0.25) is 0 Å². The number of nitrogens with zero attached hydrogens (tertiary/aromatic N) is 1. The van der Waals surface area contributed by atoms with Gasteiger partial charge in [0, 0.05) is 11.1 Å². The van der Waals surface area contributed by atoms with Gasteiger partial charge >= 0.3 is 0 Å².